The molecule has 3 aliphatic rings. The van der Waals surface area contributed by atoms with Crippen LogP contribution in [0.25, 0.3) is 11.1 Å². The van der Waals surface area contributed by atoms with Gasteiger partial charge in [0.25, 0.3) is 0 Å². The molecule has 4 heterocycles. The van der Waals surface area contributed by atoms with Crippen molar-refractivity contribution in [3.05, 3.63) is 78.1 Å². The Balaban J connectivity index is 1.37. The van der Waals surface area contributed by atoms with Crippen LogP contribution in [-0.4, -0.2) is 46.0 Å². The number of fused-ring (bicyclic) bond motifs is 3. The van der Waals surface area contributed by atoms with Gasteiger partial charge in [0.15, 0.2) is 0 Å². The SMILES string of the molecule is O=C1CCC(=O)N1c1cccc(-c2ccc3c(c2)[C@H]2[C@H](CCN2Cc2ccncc2)[C@@H](CO)N3)c1. The van der Waals surface area contributed by atoms with Crippen LogP contribution in [0.2, 0.25) is 0 Å². The second-order valence-electron chi connectivity index (χ2n) is 9.63. The third-order valence-corrected chi connectivity index (χ3v) is 7.60. The van der Waals surface area contributed by atoms with Crippen LogP contribution in [-0.2, 0) is 16.1 Å². The predicted octanol–water partition coefficient (Wildman–Crippen LogP) is 3.75. The van der Waals surface area contributed by atoms with Crippen LogP contribution < -0.4 is 10.2 Å². The molecule has 3 atom stereocenters. The number of pyridine rings is 1. The summed E-state index contributed by atoms with van der Waals surface area (Å²) in [5.74, 6) is 0.0329. The van der Waals surface area contributed by atoms with Crippen molar-refractivity contribution in [2.45, 2.75) is 37.9 Å². The maximum atomic E-state index is 12.3. The molecule has 2 aromatic carbocycles. The number of rotatable bonds is 5. The molecule has 178 valence electrons. The minimum atomic E-state index is -0.141. The highest BCUT2D eigenvalue weighted by atomic mass is 16.3. The first-order valence-corrected chi connectivity index (χ1v) is 12.2. The molecule has 0 aliphatic carbocycles. The van der Waals surface area contributed by atoms with E-state index in [1.54, 1.807) is 0 Å². The van der Waals surface area contributed by atoms with Crippen molar-refractivity contribution in [2.24, 2.45) is 5.92 Å². The minimum Gasteiger partial charge on any atom is -0.394 e. The zero-order valence-corrected chi connectivity index (χ0v) is 19.4. The topological polar surface area (TPSA) is 85.8 Å². The minimum absolute atomic E-state index is 0.0244. The first kappa shape index (κ1) is 21.9. The number of aliphatic hydroxyl groups is 1. The number of nitrogens with one attached hydrogen (secondary N) is 1. The van der Waals surface area contributed by atoms with Crippen molar-refractivity contribution in [3.8, 4) is 11.1 Å². The Morgan fingerprint density at radius 1 is 0.971 bits per heavy atom. The van der Waals surface area contributed by atoms with E-state index in [0.29, 0.717) is 11.6 Å². The molecule has 1 aromatic heterocycles. The largest absolute Gasteiger partial charge is 0.394 e. The molecule has 0 unspecified atom stereocenters. The maximum absolute atomic E-state index is 12.3. The number of carbonyl (C=O) groups is 2. The number of anilines is 2. The Kier molecular flexibility index (Phi) is 5.59. The number of aromatic nitrogens is 1. The van der Waals surface area contributed by atoms with Crippen molar-refractivity contribution in [1.29, 1.82) is 0 Å². The summed E-state index contributed by atoms with van der Waals surface area (Å²) in [4.78, 5) is 32.5. The van der Waals surface area contributed by atoms with Crippen LogP contribution in [0.5, 0.6) is 0 Å². The Bertz CT molecular complexity index is 1260. The molecule has 0 saturated carbocycles. The highest BCUT2D eigenvalue weighted by molar-refractivity contribution is 6.20. The number of imide groups is 1. The van der Waals surface area contributed by atoms with Gasteiger partial charge in [-0.2, -0.15) is 0 Å². The van der Waals surface area contributed by atoms with Crippen LogP contribution in [0, 0.1) is 5.92 Å². The lowest BCUT2D eigenvalue weighted by atomic mass is 9.82. The van der Waals surface area contributed by atoms with E-state index in [0.717, 1.165) is 36.3 Å². The molecule has 0 bridgehead atoms. The van der Waals surface area contributed by atoms with E-state index in [9.17, 15) is 14.7 Å². The smallest absolute Gasteiger partial charge is 0.234 e. The summed E-state index contributed by atoms with van der Waals surface area (Å²) in [7, 11) is 0. The van der Waals surface area contributed by atoms with Gasteiger partial charge in [0.05, 0.1) is 18.3 Å². The molecule has 2 fully saturated rings. The summed E-state index contributed by atoms with van der Waals surface area (Å²) in [5, 5.41) is 13.7. The fraction of sp³-hybridized carbons (Fsp3) is 0.321. The molecule has 7 nitrogen and oxygen atoms in total. The van der Waals surface area contributed by atoms with Crippen LogP contribution in [0.3, 0.4) is 0 Å². The van der Waals surface area contributed by atoms with Gasteiger partial charge in [-0.1, -0.05) is 18.2 Å². The number of nitrogens with zero attached hydrogens (tertiary/aromatic N) is 3. The molecule has 3 aliphatic heterocycles. The molecule has 35 heavy (non-hydrogen) atoms. The van der Waals surface area contributed by atoms with Gasteiger partial charge in [-0.05, 0) is 71.6 Å². The lowest BCUT2D eigenvalue weighted by Crippen LogP contribution is -2.41. The molecule has 3 aromatic rings. The summed E-state index contributed by atoms with van der Waals surface area (Å²) in [5.41, 5.74) is 6.15. The summed E-state index contributed by atoms with van der Waals surface area (Å²) in [6, 6.07) is 18.4. The van der Waals surface area contributed by atoms with E-state index in [1.807, 2.05) is 36.7 Å². The Labute approximate surface area is 204 Å². The molecule has 2 amide bonds. The maximum Gasteiger partial charge on any atom is 0.234 e. The molecular formula is C28H28N4O3. The summed E-state index contributed by atoms with van der Waals surface area (Å²) in [6.45, 7) is 1.90. The number of aliphatic hydroxyl groups excluding tert-OH is 1. The van der Waals surface area contributed by atoms with Gasteiger partial charge in [-0.25, -0.2) is 0 Å². The fourth-order valence-corrected chi connectivity index (χ4v) is 5.93. The second kappa shape index (κ2) is 8.91. The standard InChI is InChI=1S/C28H28N4O3/c33-17-25-22-10-13-31(16-18-8-11-29-12-9-18)28(22)23-15-20(4-5-24(23)30-25)19-2-1-3-21(14-19)32-26(34)6-7-27(32)35/h1-5,8-9,11-12,14-15,22,25,28,30,33H,6-7,10,13,16-17H2/t22-,25-,28-/m1/s1. The Hall–Kier alpha value is -3.55. The zero-order chi connectivity index (χ0) is 23.9. The van der Waals surface area contributed by atoms with Gasteiger partial charge in [0.2, 0.25) is 11.8 Å². The van der Waals surface area contributed by atoms with E-state index in [4.69, 9.17) is 0 Å². The van der Waals surface area contributed by atoms with Crippen molar-refractivity contribution < 1.29 is 14.7 Å². The van der Waals surface area contributed by atoms with Crippen molar-refractivity contribution in [2.75, 3.05) is 23.4 Å². The van der Waals surface area contributed by atoms with E-state index in [-0.39, 0.29) is 43.3 Å². The van der Waals surface area contributed by atoms with E-state index in [2.05, 4.69) is 45.5 Å². The number of hydrogen-bond donors (Lipinski definition) is 2. The van der Waals surface area contributed by atoms with Crippen molar-refractivity contribution >= 4 is 23.2 Å². The van der Waals surface area contributed by atoms with Crippen LogP contribution in [0.1, 0.15) is 36.4 Å². The van der Waals surface area contributed by atoms with Gasteiger partial charge in [0.1, 0.15) is 0 Å². The van der Waals surface area contributed by atoms with Crippen LogP contribution in [0.4, 0.5) is 11.4 Å². The monoisotopic (exact) mass is 468 g/mol. The summed E-state index contributed by atoms with van der Waals surface area (Å²) >= 11 is 0. The Morgan fingerprint density at radius 3 is 2.51 bits per heavy atom. The number of likely N-dealkylation sites (tertiary alicyclic amines) is 1. The van der Waals surface area contributed by atoms with Gasteiger partial charge >= 0.3 is 0 Å². The van der Waals surface area contributed by atoms with Gasteiger partial charge in [-0.15, -0.1) is 0 Å². The van der Waals surface area contributed by atoms with E-state index in [1.165, 1.54) is 16.0 Å². The highest BCUT2D eigenvalue weighted by Crippen LogP contribution is 2.48. The number of amides is 2. The first-order chi connectivity index (χ1) is 17.1. The molecule has 7 heteroatoms. The molecule has 0 radical (unpaired) electrons. The second-order valence-corrected chi connectivity index (χ2v) is 9.63. The molecule has 2 N–H and O–H groups in total. The summed E-state index contributed by atoms with van der Waals surface area (Å²) < 4.78 is 0. The number of benzene rings is 2. The van der Waals surface area contributed by atoms with E-state index >= 15 is 0 Å². The fourth-order valence-electron chi connectivity index (χ4n) is 5.93. The highest BCUT2D eigenvalue weighted by Gasteiger charge is 2.43. The Morgan fingerprint density at radius 2 is 1.74 bits per heavy atom. The molecule has 2 saturated heterocycles. The van der Waals surface area contributed by atoms with Crippen molar-refractivity contribution in [3.63, 3.8) is 0 Å². The normalized spacial score (nSPS) is 23.8. The lowest BCUT2D eigenvalue weighted by molar-refractivity contribution is -0.121. The predicted molar refractivity (Wildman–Crippen MR) is 134 cm³/mol. The molecule has 6 rings (SSSR count). The quantitative estimate of drug-likeness (QED) is 0.555. The van der Waals surface area contributed by atoms with Crippen LogP contribution in [0.15, 0.2) is 67.0 Å². The zero-order valence-electron chi connectivity index (χ0n) is 19.4. The third-order valence-electron chi connectivity index (χ3n) is 7.60. The average Bonchev–Trinajstić information content (AvgIpc) is 3.46. The number of hydrogen-bond acceptors (Lipinski definition) is 6. The third kappa shape index (κ3) is 3.90. The van der Waals surface area contributed by atoms with E-state index < -0.39 is 0 Å². The molecule has 0 spiro atoms. The van der Waals surface area contributed by atoms with Gasteiger partial charge in [0, 0.05) is 49.4 Å². The molecular weight excluding hydrogens is 440 g/mol. The van der Waals surface area contributed by atoms with Gasteiger partial charge in [-0.3, -0.25) is 24.4 Å². The number of carbonyl (C=O) groups excluding carboxylic acids is 2. The van der Waals surface area contributed by atoms with Gasteiger partial charge < -0.3 is 10.4 Å². The lowest BCUT2D eigenvalue weighted by Gasteiger charge is -2.39. The van der Waals surface area contributed by atoms with Crippen molar-refractivity contribution in [1.82, 2.24) is 9.88 Å². The van der Waals surface area contributed by atoms with Crippen LogP contribution >= 0.6 is 0 Å². The first-order valence-electron chi connectivity index (χ1n) is 12.2. The summed E-state index contributed by atoms with van der Waals surface area (Å²) in [6.07, 6.45) is 5.23. The average molecular weight is 469 g/mol.